The molecule has 0 bridgehead atoms. The Labute approximate surface area is 206 Å². The minimum Gasteiger partial charge on any atom is -0.490 e. The van der Waals surface area contributed by atoms with E-state index in [4.69, 9.17) is 9.47 Å². The van der Waals surface area contributed by atoms with Crippen LogP contribution in [0.1, 0.15) is 49.0 Å². The minimum absolute atomic E-state index is 0.102. The summed E-state index contributed by atoms with van der Waals surface area (Å²) in [6.07, 6.45) is 1.02. The van der Waals surface area contributed by atoms with E-state index in [0.29, 0.717) is 29.8 Å². The predicted octanol–water partition coefficient (Wildman–Crippen LogP) is 4.00. The summed E-state index contributed by atoms with van der Waals surface area (Å²) >= 11 is 0. The molecule has 0 saturated carbocycles. The molecule has 2 aromatic rings. The van der Waals surface area contributed by atoms with E-state index in [-0.39, 0.29) is 54.9 Å². The fourth-order valence-electron chi connectivity index (χ4n) is 4.45. The third-order valence-electron chi connectivity index (χ3n) is 6.55. The van der Waals surface area contributed by atoms with Crippen molar-refractivity contribution in [2.75, 3.05) is 24.3 Å². The summed E-state index contributed by atoms with van der Waals surface area (Å²) in [6.45, 7) is 5.89. The van der Waals surface area contributed by atoms with Gasteiger partial charge in [0.05, 0.1) is 24.1 Å². The van der Waals surface area contributed by atoms with Gasteiger partial charge in [0.2, 0.25) is 11.8 Å². The highest BCUT2D eigenvalue weighted by molar-refractivity contribution is 6.00. The van der Waals surface area contributed by atoms with Crippen molar-refractivity contribution in [3.05, 3.63) is 53.6 Å². The second kappa shape index (κ2) is 10.5. The second-order valence-electron chi connectivity index (χ2n) is 9.64. The van der Waals surface area contributed by atoms with Gasteiger partial charge in [-0.15, -0.1) is 0 Å². The molecule has 8 nitrogen and oxygen atoms in total. The molecule has 1 fully saturated rings. The van der Waals surface area contributed by atoms with Gasteiger partial charge < -0.3 is 25.0 Å². The first-order chi connectivity index (χ1) is 16.7. The number of carbonyl (C=O) groups is 3. The summed E-state index contributed by atoms with van der Waals surface area (Å²) in [7, 11) is 1.77. The van der Waals surface area contributed by atoms with Crippen LogP contribution < -0.4 is 15.4 Å². The SMILES string of the molecule is Cc1ccc(NC(=O)C[C@H]2CC[C@H]3[C@@H](COc4ccc(NC(=O)C(C)C)cc4C(=O)N3C)O2)cc1. The summed E-state index contributed by atoms with van der Waals surface area (Å²) in [5.41, 5.74) is 2.86. The number of rotatable bonds is 5. The smallest absolute Gasteiger partial charge is 0.257 e. The van der Waals surface area contributed by atoms with Crippen molar-refractivity contribution < 1.29 is 23.9 Å². The number of aryl methyl sites for hydroxylation is 1. The molecule has 8 heteroatoms. The van der Waals surface area contributed by atoms with Crippen molar-refractivity contribution in [3.63, 3.8) is 0 Å². The van der Waals surface area contributed by atoms with Crippen LogP contribution in [0.15, 0.2) is 42.5 Å². The Morgan fingerprint density at radius 1 is 1.06 bits per heavy atom. The molecule has 3 atom stereocenters. The van der Waals surface area contributed by atoms with Gasteiger partial charge in [0.15, 0.2) is 0 Å². The first-order valence-corrected chi connectivity index (χ1v) is 12.1. The maximum Gasteiger partial charge on any atom is 0.257 e. The molecule has 0 aromatic heterocycles. The topological polar surface area (TPSA) is 97.0 Å². The molecular formula is C27H33N3O5. The van der Waals surface area contributed by atoms with Crippen LogP contribution in [0.2, 0.25) is 0 Å². The highest BCUT2D eigenvalue weighted by Gasteiger charge is 2.39. The molecule has 2 aromatic carbocycles. The third kappa shape index (κ3) is 5.82. The van der Waals surface area contributed by atoms with E-state index in [2.05, 4.69) is 10.6 Å². The normalized spacial score (nSPS) is 21.8. The predicted molar refractivity (Wildman–Crippen MR) is 134 cm³/mol. The number of anilines is 2. The van der Waals surface area contributed by atoms with Crippen molar-refractivity contribution in [2.45, 2.75) is 58.3 Å². The minimum atomic E-state index is -0.344. The van der Waals surface area contributed by atoms with Crippen LogP contribution in [0.25, 0.3) is 0 Å². The lowest BCUT2D eigenvalue weighted by molar-refractivity contribution is -0.130. The zero-order valence-electron chi connectivity index (χ0n) is 20.7. The highest BCUT2D eigenvalue weighted by atomic mass is 16.5. The van der Waals surface area contributed by atoms with Gasteiger partial charge in [0.25, 0.3) is 5.91 Å². The molecule has 2 aliphatic heterocycles. The van der Waals surface area contributed by atoms with Crippen LogP contribution >= 0.6 is 0 Å². The summed E-state index contributed by atoms with van der Waals surface area (Å²) < 4.78 is 12.3. The van der Waals surface area contributed by atoms with E-state index in [1.165, 1.54) is 0 Å². The fraction of sp³-hybridized carbons (Fsp3) is 0.444. The number of hydrogen-bond donors (Lipinski definition) is 2. The Morgan fingerprint density at radius 2 is 1.77 bits per heavy atom. The van der Waals surface area contributed by atoms with Gasteiger partial charge in [-0.3, -0.25) is 14.4 Å². The van der Waals surface area contributed by atoms with Crippen molar-refractivity contribution in [2.24, 2.45) is 5.92 Å². The van der Waals surface area contributed by atoms with E-state index in [9.17, 15) is 14.4 Å². The lowest BCUT2D eigenvalue weighted by atomic mass is 9.94. The maximum atomic E-state index is 13.3. The number of amides is 3. The Bertz CT molecular complexity index is 1100. The third-order valence-corrected chi connectivity index (χ3v) is 6.55. The Kier molecular flexibility index (Phi) is 7.40. The van der Waals surface area contributed by atoms with Crippen molar-refractivity contribution in [1.82, 2.24) is 4.90 Å². The molecule has 3 amide bonds. The molecule has 2 aliphatic rings. The highest BCUT2D eigenvalue weighted by Crippen LogP contribution is 2.32. The van der Waals surface area contributed by atoms with E-state index >= 15 is 0 Å². The number of nitrogens with one attached hydrogen (secondary N) is 2. The average molecular weight is 480 g/mol. The zero-order valence-corrected chi connectivity index (χ0v) is 20.7. The average Bonchev–Trinajstić information content (AvgIpc) is 2.83. The summed E-state index contributed by atoms with van der Waals surface area (Å²) in [4.78, 5) is 39.7. The number of nitrogens with zero attached hydrogens (tertiary/aromatic N) is 1. The van der Waals surface area contributed by atoms with E-state index in [1.807, 2.05) is 45.0 Å². The van der Waals surface area contributed by atoms with Gasteiger partial charge in [-0.2, -0.15) is 0 Å². The number of fused-ring (bicyclic) bond motifs is 2. The largest absolute Gasteiger partial charge is 0.490 e. The maximum absolute atomic E-state index is 13.3. The molecule has 0 unspecified atom stereocenters. The molecule has 4 rings (SSSR count). The molecule has 35 heavy (non-hydrogen) atoms. The number of ether oxygens (including phenoxy) is 2. The Morgan fingerprint density at radius 3 is 2.49 bits per heavy atom. The molecule has 186 valence electrons. The van der Waals surface area contributed by atoms with Crippen molar-refractivity contribution in [3.8, 4) is 5.75 Å². The Hall–Kier alpha value is -3.39. The van der Waals surface area contributed by atoms with Gasteiger partial charge in [-0.1, -0.05) is 31.5 Å². The monoisotopic (exact) mass is 479 g/mol. The van der Waals surface area contributed by atoms with Gasteiger partial charge in [-0.05, 0) is 50.1 Å². The van der Waals surface area contributed by atoms with Gasteiger partial charge in [0.1, 0.15) is 18.5 Å². The lowest BCUT2D eigenvalue weighted by Crippen LogP contribution is -2.53. The van der Waals surface area contributed by atoms with Crippen LogP contribution in [0, 0.1) is 12.8 Å². The Balaban J connectivity index is 1.42. The number of benzene rings is 2. The summed E-state index contributed by atoms with van der Waals surface area (Å²) in [6, 6.07) is 12.6. The van der Waals surface area contributed by atoms with E-state index < -0.39 is 0 Å². The standard InChI is InChI=1S/C27H33N3O5/c1-16(2)26(32)29-19-9-12-23-21(13-19)27(33)30(4)22-11-10-20(35-24(22)15-34-23)14-25(31)28-18-7-5-17(3)6-8-18/h5-9,12-13,16,20,22,24H,10-11,14-15H2,1-4H3,(H,28,31)(H,29,32)/t20-,22+,24-/m1/s1. The van der Waals surface area contributed by atoms with Gasteiger partial charge >= 0.3 is 0 Å². The molecule has 0 radical (unpaired) electrons. The molecule has 0 spiro atoms. The van der Waals surface area contributed by atoms with Crippen LogP contribution in [0.4, 0.5) is 11.4 Å². The molecule has 2 N–H and O–H groups in total. The number of hydrogen-bond acceptors (Lipinski definition) is 5. The molecule has 0 aliphatic carbocycles. The fourth-order valence-corrected chi connectivity index (χ4v) is 4.45. The summed E-state index contributed by atoms with van der Waals surface area (Å²) in [5.74, 6) is -0.121. The summed E-state index contributed by atoms with van der Waals surface area (Å²) in [5, 5.41) is 5.76. The van der Waals surface area contributed by atoms with Gasteiger partial charge in [-0.25, -0.2) is 0 Å². The molecular weight excluding hydrogens is 446 g/mol. The number of likely N-dealkylation sites (N-methyl/N-ethyl adjacent to an activating group) is 1. The zero-order chi connectivity index (χ0) is 25.1. The van der Waals surface area contributed by atoms with Crippen LogP contribution in [0.5, 0.6) is 5.75 Å². The van der Waals surface area contributed by atoms with Gasteiger partial charge in [0, 0.05) is 24.3 Å². The first kappa shape index (κ1) is 24.7. The number of carbonyl (C=O) groups excluding carboxylic acids is 3. The van der Waals surface area contributed by atoms with Crippen LogP contribution in [-0.4, -0.2) is 54.5 Å². The lowest BCUT2D eigenvalue weighted by Gasteiger charge is -2.42. The van der Waals surface area contributed by atoms with Crippen molar-refractivity contribution in [1.29, 1.82) is 0 Å². The van der Waals surface area contributed by atoms with E-state index in [1.54, 1.807) is 30.1 Å². The first-order valence-electron chi connectivity index (χ1n) is 12.1. The second-order valence-corrected chi connectivity index (χ2v) is 9.64. The van der Waals surface area contributed by atoms with Crippen LogP contribution in [0.3, 0.4) is 0 Å². The quantitative estimate of drug-likeness (QED) is 0.676. The molecule has 2 heterocycles. The van der Waals surface area contributed by atoms with Crippen molar-refractivity contribution >= 4 is 29.1 Å². The molecule has 1 saturated heterocycles. The van der Waals surface area contributed by atoms with Crippen LogP contribution in [-0.2, 0) is 14.3 Å². The van der Waals surface area contributed by atoms with E-state index in [0.717, 1.165) is 11.3 Å².